The third kappa shape index (κ3) is 6.11. The number of carbonyl (C=O) groups excluding carboxylic acids is 1. The van der Waals surface area contributed by atoms with E-state index in [4.69, 9.17) is 9.72 Å². The van der Waals surface area contributed by atoms with Crippen molar-refractivity contribution in [2.45, 2.75) is 71.1 Å². The van der Waals surface area contributed by atoms with Crippen LogP contribution in [-0.4, -0.2) is 44.1 Å². The van der Waals surface area contributed by atoms with Crippen LogP contribution in [0.25, 0.3) is 5.65 Å². The zero-order valence-corrected chi connectivity index (χ0v) is 20.3. The molecule has 3 aromatic rings. The number of ether oxygens (including phenoxy) is 1. The maximum Gasteiger partial charge on any atom is 0.407 e. The summed E-state index contributed by atoms with van der Waals surface area (Å²) in [6.45, 7) is 7.55. The Bertz CT molecular complexity index is 1120. The van der Waals surface area contributed by atoms with Gasteiger partial charge < -0.3 is 10.1 Å². The van der Waals surface area contributed by atoms with E-state index in [1.54, 1.807) is 12.3 Å². The lowest BCUT2D eigenvalue weighted by Crippen LogP contribution is -2.34. The van der Waals surface area contributed by atoms with Crippen LogP contribution in [0.4, 0.5) is 9.18 Å². The minimum absolute atomic E-state index is 0.193. The number of carbonyl (C=O) groups is 1. The summed E-state index contributed by atoms with van der Waals surface area (Å²) in [7, 11) is 0. The number of aryl methyl sites for hydroxylation is 1. The Labute approximate surface area is 200 Å². The minimum atomic E-state index is -0.504. The number of pyridine rings is 2. The highest BCUT2D eigenvalue weighted by atomic mass is 19.1. The number of halogens is 1. The van der Waals surface area contributed by atoms with Crippen molar-refractivity contribution in [3.63, 3.8) is 0 Å². The van der Waals surface area contributed by atoms with Crippen molar-refractivity contribution in [2.75, 3.05) is 13.1 Å². The van der Waals surface area contributed by atoms with Crippen LogP contribution in [0.1, 0.15) is 69.4 Å². The standard InChI is InChI=1S/C26H34FN5O2/c1-26(2,3)34-25(33)29-14-4-5-16-31(21-11-6-9-19-10-8-15-28-24(19)21)17-20-18-32-22(27)12-7-13-23(32)30-20/h7-8,10,12-13,15,18,21H,4-6,9,11,14,16-17H2,1-3H3,(H,29,33). The number of fused-ring (bicyclic) bond motifs is 2. The summed E-state index contributed by atoms with van der Waals surface area (Å²) >= 11 is 0. The molecule has 3 heterocycles. The van der Waals surface area contributed by atoms with Crippen LogP contribution < -0.4 is 5.32 Å². The van der Waals surface area contributed by atoms with E-state index in [1.165, 1.54) is 16.0 Å². The molecule has 1 aliphatic rings. The maximum absolute atomic E-state index is 14.2. The fourth-order valence-electron chi connectivity index (χ4n) is 4.54. The van der Waals surface area contributed by atoms with Gasteiger partial charge in [-0.15, -0.1) is 0 Å². The number of imidazole rings is 1. The molecule has 0 radical (unpaired) electrons. The van der Waals surface area contributed by atoms with Gasteiger partial charge in [-0.3, -0.25) is 14.3 Å². The molecule has 0 fully saturated rings. The molecular weight excluding hydrogens is 433 g/mol. The smallest absolute Gasteiger partial charge is 0.407 e. The molecule has 0 saturated carbocycles. The topological polar surface area (TPSA) is 71.8 Å². The van der Waals surface area contributed by atoms with Crippen molar-refractivity contribution >= 4 is 11.7 Å². The van der Waals surface area contributed by atoms with Gasteiger partial charge in [0, 0.05) is 25.5 Å². The Morgan fingerprint density at radius 2 is 2.12 bits per heavy atom. The summed E-state index contributed by atoms with van der Waals surface area (Å²) < 4.78 is 21.0. The van der Waals surface area contributed by atoms with Gasteiger partial charge in [0.2, 0.25) is 0 Å². The van der Waals surface area contributed by atoms with Crippen molar-refractivity contribution in [3.8, 4) is 0 Å². The van der Waals surface area contributed by atoms with Gasteiger partial charge in [0.1, 0.15) is 11.2 Å². The number of hydrogen-bond acceptors (Lipinski definition) is 5. The first-order valence-corrected chi connectivity index (χ1v) is 12.1. The Kier molecular flexibility index (Phi) is 7.46. The van der Waals surface area contributed by atoms with Crippen LogP contribution in [0.5, 0.6) is 0 Å². The van der Waals surface area contributed by atoms with Crippen LogP contribution in [-0.2, 0) is 17.7 Å². The highest BCUT2D eigenvalue weighted by Gasteiger charge is 2.27. The SMILES string of the molecule is CC(C)(C)OC(=O)NCCCCN(Cc1cn2c(F)cccc2n1)C1CCCc2cccnc21. The number of amides is 1. The predicted octanol–water partition coefficient (Wildman–Crippen LogP) is 5.05. The monoisotopic (exact) mass is 467 g/mol. The molecule has 3 aromatic heterocycles. The average molecular weight is 468 g/mol. The second kappa shape index (κ2) is 10.5. The van der Waals surface area contributed by atoms with Crippen molar-refractivity contribution in [1.82, 2.24) is 24.6 Å². The number of aromatic nitrogens is 3. The lowest BCUT2D eigenvalue weighted by molar-refractivity contribution is 0.0526. The van der Waals surface area contributed by atoms with Crippen LogP contribution in [0, 0.1) is 5.95 Å². The van der Waals surface area contributed by atoms with Gasteiger partial charge in [-0.05, 0) is 83.2 Å². The molecule has 1 atom stereocenters. The number of unbranched alkanes of at least 4 members (excludes halogenated alkanes) is 1. The van der Waals surface area contributed by atoms with Crippen molar-refractivity contribution in [2.24, 2.45) is 0 Å². The molecule has 0 spiro atoms. The highest BCUT2D eigenvalue weighted by Crippen LogP contribution is 2.34. The van der Waals surface area contributed by atoms with Crippen molar-refractivity contribution in [1.29, 1.82) is 0 Å². The van der Waals surface area contributed by atoms with E-state index in [0.29, 0.717) is 18.7 Å². The number of hydrogen-bond donors (Lipinski definition) is 1. The van der Waals surface area contributed by atoms with Gasteiger partial charge in [-0.1, -0.05) is 12.1 Å². The lowest BCUT2D eigenvalue weighted by atomic mass is 9.90. The van der Waals surface area contributed by atoms with Crippen LogP contribution in [0.15, 0.2) is 42.7 Å². The summed E-state index contributed by atoms with van der Waals surface area (Å²) in [4.78, 5) is 23.7. The maximum atomic E-state index is 14.2. The first-order valence-electron chi connectivity index (χ1n) is 12.1. The predicted molar refractivity (Wildman–Crippen MR) is 129 cm³/mol. The Morgan fingerprint density at radius 3 is 2.91 bits per heavy atom. The van der Waals surface area contributed by atoms with Crippen LogP contribution in [0.2, 0.25) is 0 Å². The number of rotatable bonds is 8. The molecule has 1 amide bonds. The van der Waals surface area contributed by atoms with E-state index in [9.17, 15) is 9.18 Å². The van der Waals surface area contributed by atoms with Gasteiger partial charge in [-0.25, -0.2) is 9.78 Å². The molecule has 0 saturated heterocycles. The zero-order chi connectivity index (χ0) is 24.1. The summed E-state index contributed by atoms with van der Waals surface area (Å²) in [6.07, 6.45) is 8.17. The molecule has 182 valence electrons. The fraction of sp³-hybridized carbons (Fsp3) is 0.500. The second-order valence-corrected chi connectivity index (χ2v) is 9.87. The molecule has 7 nitrogen and oxygen atoms in total. The molecular formula is C26H34FN5O2. The van der Waals surface area contributed by atoms with E-state index in [-0.39, 0.29) is 18.1 Å². The molecule has 1 aliphatic carbocycles. The summed E-state index contributed by atoms with van der Waals surface area (Å²) in [6, 6.07) is 9.29. The Hall–Kier alpha value is -3.00. The summed E-state index contributed by atoms with van der Waals surface area (Å²) in [5.74, 6) is -0.319. The molecule has 0 aliphatic heterocycles. The van der Waals surface area contributed by atoms with E-state index < -0.39 is 5.60 Å². The van der Waals surface area contributed by atoms with Crippen molar-refractivity contribution in [3.05, 3.63) is 65.6 Å². The second-order valence-electron chi connectivity index (χ2n) is 9.87. The van der Waals surface area contributed by atoms with Crippen molar-refractivity contribution < 1.29 is 13.9 Å². The van der Waals surface area contributed by atoms with Gasteiger partial charge in [0.25, 0.3) is 0 Å². The summed E-state index contributed by atoms with van der Waals surface area (Å²) in [5, 5.41) is 2.83. The van der Waals surface area contributed by atoms with Crippen LogP contribution >= 0.6 is 0 Å². The van der Waals surface area contributed by atoms with Gasteiger partial charge in [0.15, 0.2) is 5.95 Å². The Morgan fingerprint density at radius 1 is 1.26 bits per heavy atom. The van der Waals surface area contributed by atoms with E-state index in [1.807, 2.05) is 39.1 Å². The van der Waals surface area contributed by atoms with Gasteiger partial charge in [-0.2, -0.15) is 4.39 Å². The average Bonchev–Trinajstić information content (AvgIpc) is 3.20. The van der Waals surface area contributed by atoms with E-state index in [2.05, 4.69) is 21.3 Å². The molecule has 0 bridgehead atoms. The zero-order valence-electron chi connectivity index (χ0n) is 20.3. The largest absolute Gasteiger partial charge is 0.444 e. The lowest BCUT2D eigenvalue weighted by Gasteiger charge is -2.34. The normalized spacial score (nSPS) is 16.0. The first-order chi connectivity index (χ1) is 16.3. The molecule has 0 aromatic carbocycles. The molecule has 8 heteroatoms. The summed E-state index contributed by atoms with van der Waals surface area (Å²) in [5.41, 5.74) is 3.38. The fourth-order valence-corrected chi connectivity index (χ4v) is 4.54. The Balaban J connectivity index is 1.44. The molecule has 1 unspecified atom stereocenters. The van der Waals surface area contributed by atoms with Gasteiger partial charge >= 0.3 is 6.09 Å². The third-order valence-corrected chi connectivity index (χ3v) is 6.00. The van der Waals surface area contributed by atoms with Gasteiger partial charge in [0.05, 0.1) is 17.4 Å². The number of nitrogens with one attached hydrogen (secondary N) is 1. The number of alkyl carbamates (subject to hydrolysis) is 1. The quantitative estimate of drug-likeness (QED) is 0.371. The van der Waals surface area contributed by atoms with E-state index >= 15 is 0 Å². The highest BCUT2D eigenvalue weighted by molar-refractivity contribution is 5.67. The minimum Gasteiger partial charge on any atom is -0.444 e. The number of nitrogens with zero attached hydrogens (tertiary/aromatic N) is 4. The molecule has 34 heavy (non-hydrogen) atoms. The third-order valence-electron chi connectivity index (χ3n) is 6.00. The van der Waals surface area contributed by atoms with Crippen LogP contribution in [0.3, 0.4) is 0 Å². The molecule has 1 N–H and O–H groups in total. The molecule has 4 rings (SSSR count). The first kappa shape index (κ1) is 24.1. The van der Waals surface area contributed by atoms with E-state index in [0.717, 1.165) is 50.0 Å².